The van der Waals surface area contributed by atoms with E-state index in [1.54, 1.807) is 30.3 Å². The molecule has 0 saturated carbocycles. The Kier molecular flexibility index (Phi) is 5.94. The van der Waals surface area contributed by atoms with Crippen molar-refractivity contribution in [3.63, 3.8) is 0 Å². The van der Waals surface area contributed by atoms with E-state index in [0.717, 1.165) is 6.26 Å². The van der Waals surface area contributed by atoms with Gasteiger partial charge in [0.15, 0.2) is 9.84 Å². The number of carboxylic acid groups (broad SMARTS) is 1. The van der Waals surface area contributed by atoms with E-state index in [1.165, 1.54) is 31.2 Å². The number of esters is 1. The third-order valence-corrected chi connectivity index (χ3v) is 4.76. The van der Waals surface area contributed by atoms with Crippen LogP contribution in [-0.4, -0.2) is 38.3 Å². The minimum Gasteiger partial charge on any atom is -0.478 e. The summed E-state index contributed by atoms with van der Waals surface area (Å²) in [6.45, 7) is 0.984. The van der Waals surface area contributed by atoms with Crippen molar-refractivity contribution in [3.05, 3.63) is 65.7 Å². The van der Waals surface area contributed by atoms with Gasteiger partial charge >= 0.3 is 11.9 Å². The minimum absolute atomic E-state index is 0.0149. The molecular formula is C19H18O6S. The van der Waals surface area contributed by atoms with Gasteiger partial charge in [0.2, 0.25) is 0 Å². The van der Waals surface area contributed by atoms with Gasteiger partial charge in [0.1, 0.15) is 6.61 Å². The van der Waals surface area contributed by atoms with Crippen molar-refractivity contribution >= 4 is 32.9 Å². The molecular weight excluding hydrogens is 356 g/mol. The molecule has 0 saturated heterocycles. The Labute approximate surface area is 151 Å². The fraction of sp³-hybridized carbons (Fsp3) is 0.158. The van der Waals surface area contributed by atoms with Crippen LogP contribution in [0.4, 0.5) is 0 Å². The number of ether oxygens (including phenoxy) is 1. The van der Waals surface area contributed by atoms with Crippen LogP contribution in [0.3, 0.4) is 0 Å². The van der Waals surface area contributed by atoms with E-state index in [0.29, 0.717) is 11.1 Å². The number of carboxylic acids is 1. The number of hydrogen-bond donors (Lipinski definition) is 1. The molecule has 1 N–H and O–H groups in total. The average Bonchev–Trinajstić information content (AvgIpc) is 2.58. The highest BCUT2D eigenvalue weighted by Crippen LogP contribution is 2.28. The molecule has 2 aromatic rings. The Hall–Kier alpha value is -2.93. The molecule has 0 spiro atoms. The summed E-state index contributed by atoms with van der Waals surface area (Å²) in [5, 5.41) is 9.71. The average molecular weight is 374 g/mol. The van der Waals surface area contributed by atoms with E-state index in [4.69, 9.17) is 4.74 Å². The number of benzene rings is 2. The molecule has 0 amide bonds. The van der Waals surface area contributed by atoms with Crippen LogP contribution in [0, 0.1) is 0 Å². The molecule has 26 heavy (non-hydrogen) atoms. The topological polar surface area (TPSA) is 97.7 Å². The van der Waals surface area contributed by atoms with Crippen LogP contribution < -0.4 is 0 Å². The SMILES string of the molecule is CC(=O)OCC(=C(C(=O)O)c1ccccc1)c1ccc(S(C)(=O)=O)cc1. The van der Waals surface area contributed by atoms with Crippen molar-refractivity contribution in [1.82, 2.24) is 0 Å². The molecule has 0 aliphatic heterocycles. The van der Waals surface area contributed by atoms with Crippen molar-refractivity contribution in [3.8, 4) is 0 Å². The zero-order valence-electron chi connectivity index (χ0n) is 14.3. The highest BCUT2D eigenvalue weighted by molar-refractivity contribution is 7.90. The quantitative estimate of drug-likeness (QED) is 0.474. The van der Waals surface area contributed by atoms with Gasteiger partial charge in [-0.3, -0.25) is 4.79 Å². The molecule has 136 valence electrons. The molecule has 0 atom stereocenters. The molecule has 0 heterocycles. The first kappa shape index (κ1) is 19.4. The van der Waals surface area contributed by atoms with E-state index < -0.39 is 21.8 Å². The summed E-state index contributed by atoms with van der Waals surface area (Å²) < 4.78 is 28.3. The van der Waals surface area contributed by atoms with Gasteiger partial charge in [-0.1, -0.05) is 42.5 Å². The van der Waals surface area contributed by atoms with Crippen LogP contribution in [-0.2, 0) is 24.2 Å². The highest BCUT2D eigenvalue weighted by atomic mass is 32.2. The maximum absolute atomic E-state index is 11.9. The summed E-state index contributed by atoms with van der Waals surface area (Å²) in [4.78, 5) is 23.2. The lowest BCUT2D eigenvalue weighted by molar-refractivity contribution is -0.139. The third kappa shape index (κ3) is 4.80. The Morgan fingerprint density at radius 1 is 0.962 bits per heavy atom. The number of rotatable bonds is 6. The van der Waals surface area contributed by atoms with Gasteiger partial charge in [-0.25, -0.2) is 13.2 Å². The van der Waals surface area contributed by atoms with Gasteiger partial charge < -0.3 is 9.84 Å². The van der Waals surface area contributed by atoms with Crippen LogP contribution in [0.2, 0.25) is 0 Å². The predicted molar refractivity (Wildman–Crippen MR) is 97.1 cm³/mol. The van der Waals surface area contributed by atoms with Crippen molar-refractivity contribution < 1.29 is 27.9 Å². The largest absolute Gasteiger partial charge is 0.478 e. The van der Waals surface area contributed by atoms with Crippen LogP contribution >= 0.6 is 0 Å². The second kappa shape index (κ2) is 7.97. The molecule has 2 aromatic carbocycles. The standard InChI is InChI=1S/C19H18O6S/c1-13(20)25-12-17(14-8-10-16(11-9-14)26(2,23)24)18(19(21)22)15-6-4-3-5-7-15/h3-11H,12H2,1-2H3,(H,21,22). The number of aliphatic carboxylic acids is 1. The summed E-state index contributed by atoms with van der Waals surface area (Å²) in [5.74, 6) is -1.72. The van der Waals surface area contributed by atoms with Crippen LogP contribution in [0.1, 0.15) is 18.1 Å². The van der Waals surface area contributed by atoms with Gasteiger partial charge in [0, 0.05) is 18.8 Å². The van der Waals surface area contributed by atoms with Crippen LogP contribution in [0.15, 0.2) is 59.5 Å². The number of hydrogen-bond acceptors (Lipinski definition) is 5. The van der Waals surface area contributed by atoms with E-state index in [9.17, 15) is 23.1 Å². The molecule has 0 radical (unpaired) electrons. The zero-order chi connectivity index (χ0) is 19.3. The first-order valence-electron chi connectivity index (χ1n) is 7.66. The molecule has 0 unspecified atom stereocenters. The molecule has 0 aromatic heterocycles. The number of sulfone groups is 1. The van der Waals surface area contributed by atoms with E-state index >= 15 is 0 Å². The Bertz CT molecular complexity index is 941. The van der Waals surface area contributed by atoms with Gasteiger partial charge in [-0.05, 0) is 23.3 Å². The summed E-state index contributed by atoms with van der Waals surface area (Å²) in [7, 11) is -3.38. The Balaban J connectivity index is 2.64. The smallest absolute Gasteiger partial charge is 0.336 e. The summed E-state index contributed by atoms with van der Waals surface area (Å²) in [5.41, 5.74) is 1.17. The maximum atomic E-state index is 11.9. The van der Waals surface area contributed by atoms with Crippen molar-refractivity contribution in [2.45, 2.75) is 11.8 Å². The Morgan fingerprint density at radius 3 is 2.00 bits per heavy atom. The first-order valence-corrected chi connectivity index (χ1v) is 9.55. The second-order valence-corrected chi connectivity index (χ2v) is 7.62. The van der Waals surface area contributed by atoms with E-state index in [-0.39, 0.29) is 22.6 Å². The second-order valence-electron chi connectivity index (χ2n) is 5.60. The maximum Gasteiger partial charge on any atom is 0.336 e. The van der Waals surface area contributed by atoms with Gasteiger partial charge in [-0.2, -0.15) is 0 Å². The monoisotopic (exact) mass is 374 g/mol. The van der Waals surface area contributed by atoms with Crippen LogP contribution in [0.25, 0.3) is 11.1 Å². The molecule has 0 aliphatic rings. The Morgan fingerprint density at radius 2 is 1.54 bits per heavy atom. The lowest BCUT2D eigenvalue weighted by atomic mass is 9.95. The normalized spacial score (nSPS) is 12.2. The fourth-order valence-electron chi connectivity index (χ4n) is 2.41. The minimum atomic E-state index is -3.38. The van der Waals surface area contributed by atoms with Gasteiger partial charge in [0.05, 0.1) is 10.5 Å². The first-order chi connectivity index (χ1) is 12.2. The van der Waals surface area contributed by atoms with Crippen molar-refractivity contribution in [2.75, 3.05) is 12.9 Å². The molecule has 0 bridgehead atoms. The number of carbonyl (C=O) groups excluding carboxylic acids is 1. The molecule has 2 rings (SSSR count). The third-order valence-electron chi connectivity index (χ3n) is 3.63. The van der Waals surface area contributed by atoms with Crippen molar-refractivity contribution in [2.24, 2.45) is 0 Å². The predicted octanol–water partition coefficient (Wildman–Crippen LogP) is 2.65. The number of carbonyl (C=O) groups is 2. The lowest BCUT2D eigenvalue weighted by Gasteiger charge is -2.14. The highest BCUT2D eigenvalue weighted by Gasteiger charge is 2.20. The molecule has 0 aliphatic carbocycles. The van der Waals surface area contributed by atoms with Crippen molar-refractivity contribution in [1.29, 1.82) is 0 Å². The van der Waals surface area contributed by atoms with Crippen LogP contribution in [0.5, 0.6) is 0 Å². The molecule has 7 heteroatoms. The zero-order valence-corrected chi connectivity index (χ0v) is 15.1. The van der Waals surface area contributed by atoms with Gasteiger partial charge in [-0.15, -0.1) is 0 Å². The summed E-state index contributed by atoms with van der Waals surface area (Å²) in [6.07, 6.45) is 1.09. The summed E-state index contributed by atoms with van der Waals surface area (Å²) >= 11 is 0. The van der Waals surface area contributed by atoms with E-state index in [2.05, 4.69) is 0 Å². The van der Waals surface area contributed by atoms with E-state index in [1.807, 2.05) is 0 Å². The molecule has 0 fully saturated rings. The summed E-state index contributed by atoms with van der Waals surface area (Å²) in [6, 6.07) is 14.2. The fourth-order valence-corrected chi connectivity index (χ4v) is 3.04. The lowest BCUT2D eigenvalue weighted by Crippen LogP contribution is -2.10. The van der Waals surface area contributed by atoms with Gasteiger partial charge in [0.25, 0.3) is 0 Å². The molecule has 6 nitrogen and oxygen atoms in total.